The molecule has 0 radical (unpaired) electrons. The van der Waals surface area contributed by atoms with E-state index in [1.807, 2.05) is 0 Å². The Labute approximate surface area is 218 Å². The number of aliphatic hydroxyl groups is 1. The van der Waals surface area contributed by atoms with Gasteiger partial charge in [0.25, 0.3) is 11.8 Å². The molecule has 3 aromatic rings. The molecule has 1 aliphatic carbocycles. The molecule has 2 aliphatic rings. The number of carbonyl (C=O) groups is 2. The lowest BCUT2D eigenvalue weighted by atomic mass is 9.85. The highest BCUT2D eigenvalue weighted by molar-refractivity contribution is 6.30. The van der Waals surface area contributed by atoms with Crippen molar-refractivity contribution in [3.05, 3.63) is 93.8 Å². The first-order chi connectivity index (χ1) is 17.7. The molecule has 0 saturated heterocycles. The summed E-state index contributed by atoms with van der Waals surface area (Å²) in [5, 5.41) is 15.0. The number of hydrogen-bond acceptors (Lipinski definition) is 4. The molecule has 0 bridgehead atoms. The van der Waals surface area contributed by atoms with Crippen LogP contribution >= 0.6 is 11.6 Å². The van der Waals surface area contributed by atoms with Gasteiger partial charge in [0.1, 0.15) is 11.6 Å². The third-order valence-electron chi connectivity index (χ3n) is 7.38. The molecule has 1 unspecified atom stereocenters. The van der Waals surface area contributed by atoms with E-state index in [1.165, 1.54) is 41.4 Å². The van der Waals surface area contributed by atoms with Crippen molar-refractivity contribution in [2.45, 2.75) is 44.2 Å². The summed E-state index contributed by atoms with van der Waals surface area (Å²) in [6.07, 6.45) is 4.31. The van der Waals surface area contributed by atoms with Crippen LogP contribution in [-0.4, -0.2) is 34.5 Å². The average Bonchev–Trinajstić information content (AvgIpc) is 3.08. The minimum absolute atomic E-state index is 0.0449. The second-order valence-electron chi connectivity index (χ2n) is 9.75. The fraction of sp³-hybridized carbons (Fsp3) is 0.321. The first-order valence-corrected chi connectivity index (χ1v) is 12.6. The minimum atomic E-state index is -2.23. The molecule has 5 rings (SSSR count). The molecule has 192 valence electrons. The van der Waals surface area contributed by atoms with Crippen LogP contribution in [-0.2, 0) is 10.4 Å². The number of amides is 2. The number of hydrogen-bond donors (Lipinski definition) is 2. The van der Waals surface area contributed by atoms with E-state index in [9.17, 15) is 23.5 Å². The molecule has 2 heterocycles. The van der Waals surface area contributed by atoms with E-state index in [0.717, 1.165) is 6.07 Å². The van der Waals surface area contributed by atoms with Crippen molar-refractivity contribution in [2.75, 3.05) is 11.4 Å². The summed E-state index contributed by atoms with van der Waals surface area (Å²) in [6.45, 7) is 2.00. The molecular weight excluding hydrogens is 500 g/mol. The number of benzene rings is 2. The third kappa shape index (κ3) is 4.60. The number of pyridine rings is 1. The topological polar surface area (TPSA) is 82.5 Å². The monoisotopic (exact) mass is 525 g/mol. The number of rotatable bonds is 5. The summed E-state index contributed by atoms with van der Waals surface area (Å²) >= 11 is 5.99. The first-order valence-electron chi connectivity index (χ1n) is 12.2. The van der Waals surface area contributed by atoms with Gasteiger partial charge in [-0.3, -0.25) is 14.6 Å². The summed E-state index contributed by atoms with van der Waals surface area (Å²) in [6, 6.07) is 10.8. The molecule has 1 atom stereocenters. The maximum atomic E-state index is 14.7. The van der Waals surface area contributed by atoms with Crippen molar-refractivity contribution >= 4 is 29.1 Å². The van der Waals surface area contributed by atoms with E-state index in [0.29, 0.717) is 42.0 Å². The lowest BCUT2D eigenvalue weighted by Gasteiger charge is -2.32. The number of nitrogens with one attached hydrogen (secondary N) is 1. The Morgan fingerprint density at radius 1 is 1.14 bits per heavy atom. The van der Waals surface area contributed by atoms with Gasteiger partial charge in [0.05, 0.1) is 22.0 Å². The maximum Gasteiger partial charge on any atom is 0.268 e. The number of carbonyl (C=O) groups excluding carboxylic acids is 2. The van der Waals surface area contributed by atoms with Crippen LogP contribution in [0.25, 0.3) is 0 Å². The zero-order valence-electron chi connectivity index (χ0n) is 20.2. The molecule has 0 spiro atoms. The lowest BCUT2D eigenvalue weighted by molar-refractivity contribution is -0.132. The summed E-state index contributed by atoms with van der Waals surface area (Å²) in [7, 11) is 0. The van der Waals surface area contributed by atoms with Gasteiger partial charge in [0.2, 0.25) is 0 Å². The standard InChI is InChI=1S/C28H26ClF2N3O3/c1-16-21(12-18(29)14-32-16)26(35)33-20-9-6-17(7-10-20)15-34-25-13-19(30)8-11-23(25)28(37,27(34)36)22-4-2-3-5-24(22)31/h2-5,8,11-14,17,20,37H,6-7,9-10,15H2,1H3,(H,33,35)/t17-,20-,28?. The number of halogens is 3. The highest BCUT2D eigenvalue weighted by atomic mass is 35.5. The number of fused-ring (bicyclic) bond motifs is 1. The highest BCUT2D eigenvalue weighted by Gasteiger charge is 2.52. The van der Waals surface area contributed by atoms with Gasteiger partial charge in [0, 0.05) is 29.9 Å². The Hall–Kier alpha value is -3.36. The molecule has 9 heteroatoms. The normalized spacial score (nSPS) is 23.2. The van der Waals surface area contributed by atoms with Crippen LogP contribution in [0.15, 0.2) is 54.7 Å². The highest BCUT2D eigenvalue weighted by Crippen LogP contribution is 2.46. The molecule has 2 aromatic carbocycles. The van der Waals surface area contributed by atoms with Gasteiger partial charge in [-0.15, -0.1) is 0 Å². The van der Waals surface area contributed by atoms with Gasteiger partial charge in [-0.05, 0) is 62.8 Å². The Balaban J connectivity index is 1.30. The van der Waals surface area contributed by atoms with Crippen molar-refractivity contribution in [3.8, 4) is 0 Å². The molecule has 1 aromatic heterocycles. The SMILES string of the molecule is Cc1ncc(Cl)cc1C(=O)N[C@H]1CC[C@H](CN2C(=O)C(O)(c3ccccc3F)c3ccc(F)cc32)CC1. The van der Waals surface area contributed by atoms with Crippen LogP contribution in [0.5, 0.6) is 0 Å². The molecule has 37 heavy (non-hydrogen) atoms. The van der Waals surface area contributed by atoms with Gasteiger partial charge in [0.15, 0.2) is 5.60 Å². The summed E-state index contributed by atoms with van der Waals surface area (Å²) in [4.78, 5) is 31.8. The Kier molecular flexibility index (Phi) is 6.72. The second-order valence-corrected chi connectivity index (χ2v) is 10.2. The predicted molar refractivity (Wildman–Crippen MR) is 135 cm³/mol. The molecule has 2 amide bonds. The maximum absolute atomic E-state index is 14.7. The summed E-state index contributed by atoms with van der Waals surface area (Å²) < 4.78 is 28.9. The largest absolute Gasteiger partial charge is 0.372 e. The molecule has 1 fully saturated rings. The van der Waals surface area contributed by atoms with E-state index in [4.69, 9.17) is 11.6 Å². The third-order valence-corrected chi connectivity index (χ3v) is 7.59. The van der Waals surface area contributed by atoms with Crippen molar-refractivity contribution in [1.29, 1.82) is 0 Å². The van der Waals surface area contributed by atoms with E-state index >= 15 is 0 Å². The first kappa shape index (κ1) is 25.3. The van der Waals surface area contributed by atoms with Crippen LogP contribution in [0.2, 0.25) is 5.02 Å². The molecule has 2 N–H and O–H groups in total. The number of aromatic nitrogens is 1. The van der Waals surface area contributed by atoms with Gasteiger partial charge in [-0.2, -0.15) is 0 Å². The van der Waals surface area contributed by atoms with Crippen LogP contribution in [0.4, 0.5) is 14.5 Å². The van der Waals surface area contributed by atoms with Crippen molar-refractivity contribution < 1.29 is 23.5 Å². The number of aryl methyl sites for hydroxylation is 1. The molecule has 1 saturated carbocycles. The fourth-order valence-corrected chi connectivity index (χ4v) is 5.56. The van der Waals surface area contributed by atoms with E-state index in [2.05, 4.69) is 10.3 Å². The van der Waals surface area contributed by atoms with Crippen LogP contribution in [0, 0.1) is 24.5 Å². The van der Waals surface area contributed by atoms with E-state index in [-0.39, 0.29) is 41.2 Å². The van der Waals surface area contributed by atoms with Crippen molar-refractivity contribution in [1.82, 2.24) is 10.3 Å². The van der Waals surface area contributed by atoms with Crippen LogP contribution in [0.1, 0.15) is 52.9 Å². The quantitative estimate of drug-likeness (QED) is 0.497. The summed E-state index contributed by atoms with van der Waals surface area (Å²) in [5.74, 6) is -2.13. The smallest absolute Gasteiger partial charge is 0.268 e. The minimum Gasteiger partial charge on any atom is -0.372 e. The Morgan fingerprint density at radius 3 is 2.59 bits per heavy atom. The van der Waals surface area contributed by atoms with E-state index < -0.39 is 23.1 Å². The van der Waals surface area contributed by atoms with Gasteiger partial charge >= 0.3 is 0 Å². The lowest BCUT2D eigenvalue weighted by Crippen LogP contribution is -2.45. The van der Waals surface area contributed by atoms with Crippen LogP contribution in [0.3, 0.4) is 0 Å². The average molecular weight is 526 g/mol. The fourth-order valence-electron chi connectivity index (χ4n) is 5.40. The number of anilines is 1. The van der Waals surface area contributed by atoms with Gasteiger partial charge < -0.3 is 15.3 Å². The molecular formula is C28H26ClF2N3O3. The van der Waals surface area contributed by atoms with Gasteiger partial charge in [-0.25, -0.2) is 8.78 Å². The molecule has 1 aliphatic heterocycles. The molecule has 6 nitrogen and oxygen atoms in total. The zero-order chi connectivity index (χ0) is 26.3. The van der Waals surface area contributed by atoms with E-state index in [1.54, 1.807) is 19.1 Å². The second kappa shape index (κ2) is 9.84. The Bertz CT molecular complexity index is 1380. The summed E-state index contributed by atoms with van der Waals surface area (Å²) in [5.41, 5.74) is -0.958. The van der Waals surface area contributed by atoms with Crippen LogP contribution < -0.4 is 10.2 Å². The van der Waals surface area contributed by atoms with Crippen molar-refractivity contribution in [2.24, 2.45) is 5.92 Å². The predicted octanol–water partition coefficient (Wildman–Crippen LogP) is 4.89. The van der Waals surface area contributed by atoms with Gasteiger partial charge in [-0.1, -0.05) is 35.9 Å². The Morgan fingerprint density at radius 2 is 1.86 bits per heavy atom. The zero-order valence-corrected chi connectivity index (χ0v) is 20.9. The van der Waals surface area contributed by atoms with Crippen molar-refractivity contribution in [3.63, 3.8) is 0 Å². The number of nitrogens with zero attached hydrogens (tertiary/aromatic N) is 2.